The van der Waals surface area contributed by atoms with Crippen LogP contribution in [0.2, 0.25) is 5.15 Å². The standard InChI is InChI=1S/C21H19ClN4O3S/c1-24-18-15(20(28)25(2)21(24)29)16(11-6-4-3-5-7-11)26-12(9-27)8-13(17(18)26)19-23-14(22)10-30-19/h3-7,10,12-13,27H,8-9H2,1-2H3. The van der Waals surface area contributed by atoms with Crippen LogP contribution in [0.1, 0.15) is 29.1 Å². The van der Waals surface area contributed by atoms with Crippen molar-refractivity contribution in [3.63, 3.8) is 0 Å². The van der Waals surface area contributed by atoms with Crippen LogP contribution in [0.15, 0.2) is 45.3 Å². The van der Waals surface area contributed by atoms with E-state index in [1.54, 1.807) is 12.4 Å². The summed E-state index contributed by atoms with van der Waals surface area (Å²) in [6.07, 6.45) is 0.620. The molecule has 9 heteroatoms. The van der Waals surface area contributed by atoms with Crippen molar-refractivity contribution in [3.8, 4) is 11.3 Å². The molecule has 1 N–H and O–H groups in total. The average molecular weight is 443 g/mol. The molecule has 0 spiro atoms. The quantitative estimate of drug-likeness (QED) is 0.529. The number of rotatable bonds is 3. The highest BCUT2D eigenvalue weighted by Crippen LogP contribution is 2.49. The Hall–Kier alpha value is -2.68. The molecular weight excluding hydrogens is 424 g/mol. The number of aliphatic hydroxyl groups excluding tert-OH is 1. The van der Waals surface area contributed by atoms with Crippen molar-refractivity contribution < 1.29 is 5.11 Å². The first-order valence-electron chi connectivity index (χ1n) is 9.55. The lowest BCUT2D eigenvalue weighted by Gasteiger charge is -2.15. The van der Waals surface area contributed by atoms with Crippen LogP contribution in [-0.4, -0.2) is 30.4 Å². The number of aromatic nitrogens is 4. The molecule has 0 bridgehead atoms. The fraction of sp³-hybridized carbons (Fsp3) is 0.286. The maximum atomic E-state index is 13.3. The van der Waals surface area contributed by atoms with E-state index in [4.69, 9.17) is 11.6 Å². The first-order valence-corrected chi connectivity index (χ1v) is 10.8. The van der Waals surface area contributed by atoms with Gasteiger partial charge in [0.25, 0.3) is 5.56 Å². The molecule has 5 rings (SSSR count). The van der Waals surface area contributed by atoms with Gasteiger partial charge in [0.1, 0.15) is 10.2 Å². The van der Waals surface area contributed by atoms with Crippen LogP contribution in [0.3, 0.4) is 0 Å². The molecule has 154 valence electrons. The number of hydrogen-bond acceptors (Lipinski definition) is 5. The Balaban J connectivity index is 1.99. The lowest BCUT2D eigenvalue weighted by atomic mass is 10.00. The molecular formula is C21H19ClN4O3S. The summed E-state index contributed by atoms with van der Waals surface area (Å²) in [6, 6.07) is 9.37. The van der Waals surface area contributed by atoms with Gasteiger partial charge in [-0.05, 0) is 12.0 Å². The molecule has 1 aliphatic rings. The number of aryl methyl sites for hydroxylation is 1. The summed E-state index contributed by atoms with van der Waals surface area (Å²) >= 11 is 7.54. The Morgan fingerprint density at radius 1 is 1.20 bits per heavy atom. The SMILES string of the molecule is Cn1c(=O)c2c(-c3ccccc3)n3c(c2n(C)c1=O)C(c1nc(Cl)cs1)CC3CO. The summed E-state index contributed by atoms with van der Waals surface area (Å²) in [5.74, 6) is -0.169. The molecule has 0 aliphatic carbocycles. The fourth-order valence-corrected chi connectivity index (χ4v) is 5.66. The van der Waals surface area contributed by atoms with Gasteiger partial charge in [-0.2, -0.15) is 0 Å². The molecule has 4 aromatic rings. The van der Waals surface area contributed by atoms with Crippen molar-refractivity contribution in [1.82, 2.24) is 18.7 Å². The third-order valence-electron chi connectivity index (χ3n) is 5.90. The maximum Gasteiger partial charge on any atom is 0.331 e. The number of fused-ring (bicyclic) bond motifs is 3. The van der Waals surface area contributed by atoms with Crippen LogP contribution in [0.4, 0.5) is 0 Å². The average Bonchev–Trinajstić information content (AvgIpc) is 3.44. The maximum absolute atomic E-state index is 13.3. The van der Waals surface area contributed by atoms with Gasteiger partial charge < -0.3 is 9.67 Å². The summed E-state index contributed by atoms with van der Waals surface area (Å²) in [6.45, 7) is -0.0856. The highest BCUT2D eigenvalue weighted by Gasteiger charge is 2.40. The van der Waals surface area contributed by atoms with Gasteiger partial charge in [-0.1, -0.05) is 41.9 Å². The fourth-order valence-electron chi connectivity index (χ4n) is 4.59. The summed E-state index contributed by atoms with van der Waals surface area (Å²) in [7, 11) is 3.17. The number of benzene rings is 1. The van der Waals surface area contributed by atoms with Crippen molar-refractivity contribution >= 4 is 33.8 Å². The molecule has 30 heavy (non-hydrogen) atoms. The predicted octanol–water partition coefficient (Wildman–Crippen LogP) is 2.88. The van der Waals surface area contributed by atoms with Gasteiger partial charge in [-0.25, -0.2) is 9.78 Å². The lowest BCUT2D eigenvalue weighted by molar-refractivity contribution is 0.232. The van der Waals surface area contributed by atoms with Crippen molar-refractivity contribution in [3.05, 3.63) is 72.4 Å². The minimum Gasteiger partial charge on any atom is -0.394 e. The first-order chi connectivity index (χ1) is 14.4. The van der Waals surface area contributed by atoms with E-state index in [-0.39, 0.29) is 29.8 Å². The number of halogens is 1. The van der Waals surface area contributed by atoms with E-state index >= 15 is 0 Å². The topological polar surface area (TPSA) is 82.0 Å². The third kappa shape index (κ3) is 2.57. The van der Waals surface area contributed by atoms with Crippen LogP contribution < -0.4 is 11.2 Å². The second-order valence-corrected chi connectivity index (χ2v) is 8.81. The van der Waals surface area contributed by atoms with E-state index in [9.17, 15) is 14.7 Å². The van der Waals surface area contributed by atoms with Crippen LogP contribution in [0.25, 0.3) is 22.2 Å². The zero-order chi connectivity index (χ0) is 21.2. The Morgan fingerprint density at radius 2 is 1.93 bits per heavy atom. The largest absolute Gasteiger partial charge is 0.394 e. The van der Waals surface area contributed by atoms with Crippen LogP contribution in [-0.2, 0) is 14.1 Å². The molecule has 3 aromatic heterocycles. The van der Waals surface area contributed by atoms with Gasteiger partial charge in [0, 0.05) is 19.5 Å². The molecule has 0 radical (unpaired) electrons. The molecule has 4 heterocycles. The van der Waals surface area contributed by atoms with E-state index in [0.717, 1.165) is 26.5 Å². The minimum atomic E-state index is -0.385. The zero-order valence-electron chi connectivity index (χ0n) is 16.4. The summed E-state index contributed by atoms with van der Waals surface area (Å²) in [5.41, 5.74) is 2.27. The van der Waals surface area contributed by atoms with E-state index in [1.165, 1.54) is 23.0 Å². The van der Waals surface area contributed by atoms with Gasteiger partial charge in [-0.3, -0.25) is 13.9 Å². The lowest BCUT2D eigenvalue weighted by Crippen LogP contribution is -2.37. The molecule has 0 amide bonds. The molecule has 0 saturated carbocycles. The highest BCUT2D eigenvalue weighted by molar-refractivity contribution is 7.10. The van der Waals surface area contributed by atoms with E-state index in [2.05, 4.69) is 4.98 Å². The van der Waals surface area contributed by atoms with Crippen molar-refractivity contribution in [1.29, 1.82) is 0 Å². The number of aliphatic hydroxyl groups is 1. The number of thiazole rings is 1. The Morgan fingerprint density at radius 3 is 2.57 bits per heavy atom. The summed E-state index contributed by atoms with van der Waals surface area (Å²) < 4.78 is 4.69. The van der Waals surface area contributed by atoms with Crippen LogP contribution in [0, 0.1) is 0 Å². The molecule has 0 saturated heterocycles. The van der Waals surface area contributed by atoms with E-state index in [1.807, 2.05) is 34.9 Å². The molecule has 0 fully saturated rings. The van der Waals surface area contributed by atoms with Crippen molar-refractivity contribution in [2.75, 3.05) is 6.61 Å². The smallest absolute Gasteiger partial charge is 0.331 e. The van der Waals surface area contributed by atoms with Crippen LogP contribution >= 0.6 is 22.9 Å². The normalized spacial score (nSPS) is 18.3. The third-order valence-corrected chi connectivity index (χ3v) is 7.18. The van der Waals surface area contributed by atoms with Crippen molar-refractivity contribution in [2.24, 2.45) is 14.1 Å². The summed E-state index contributed by atoms with van der Waals surface area (Å²) in [4.78, 5) is 30.5. The van der Waals surface area contributed by atoms with E-state index < -0.39 is 0 Å². The molecule has 1 aromatic carbocycles. The Labute approximate surface area is 180 Å². The molecule has 1 aliphatic heterocycles. The molecule has 2 atom stereocenters. The number of nitrogens with zero attached hydrogens (tertiary/aromatic N) is 4. The Kier molecular flexibility index (Phi) is 4.46. The zero-order valence-corrected chi connectivity index (χ0v) is 17.9. The van der Waals surface area contributed by atoms with Gasteiger partial charge in [0.05, 0.1) is 40.9 Å². The van der Waals surface area contributed by atoms with Crippen LogP contribution in [0.5, 0.6) is 0 Å². The van der Waals surface area contributed by atoms with Gasteiger partial charge in [-0.15, -0.1) is 11.3 Å². The van der Waals surface area contributed by atoms with E-state index in [0.29, 0.717) is 22.5 Å². The highest BCUT2D eigenvalue weighted by atomic mass is 35.5. The molecule has 2 unspecified atom stereocenters. The molecule has 7 nitrogen and oxygen atoms in total. The Bertz CT molecular complexity index is 1400. The van der Waals surface area contributed by atoms with Gasteiger partial charge >= 0.3 is 5.69 Å². The number of hydrogen-bond donors (Lipinski definition) is 1. The van der Waals surface area contributed by atoms with Gasteiger partial charge in [0.2, 0.25) is 0 Å². The van der Waals surface area contributed by atoms with Gasteiger partial charge in [0.15, 0.2) is 0 Å². The minimum absolute atomic E-state index is 0.0856. The predicted molar refractivity (Wildman–Crippen MR) is 118 cm³/mol. The second kappa shape index (κ2) is 6.94. The monoisotopic (exact) mass is 442 g/mol. The van der Waals surface area contributed by atoms with Crippen molar-refractivity contribution in [2.45, 2.75) is 18.4 Å². The summed E-state index contributed by atoms with van der Waals surface area (Å²) in [5, 5.41) is 13.7. The first kappa shape index (κ1) is 19.3. The second-order valence-electron chi connectivity index (χ2n) is 7.53.